The van der Waals surface area contributed by atoms with Gasteiger partial charge in [-0.3, -0.25) is 0 Å². The minimum atomic E-state index is 0.979. The van der Waals surface area contributed by atoms with Crippen molar-refractivity contribution in [2.24, 2.45) is 0 Å². The van der Waals surface area contributed by atoms with Crippen molar-refractivity contribution in [1.29, 1.82) is 0 Å². The molecule has 1 aromatic carbocycles. The second kappa shape index (κ2) is 4.33. The number of aryl methyl sites for hydroxylation is 1. The number of hydrogen-bond acceptors (Lipinski definition) is 2. The van der Waals surface area contributed by atoms with Crippen molar-refractivity contribution in [2.45, 2.75) is 17.7 Å². The molecule has 1 N–H and O–H groups in total. The highest BCUT2D eigenvalue weighted by Gasteiger charge is 2.01. The third kappa shape index (κ3) is 2.17. The van der Waals surface area contributed by atoms with Crippen LogP contribution in [-0.2, 0) is 5.75 Å². The zero-order valence-electron chi connectivity index (χ0n) is 8.03. The number of thioether (sulfide) groups is 1. The SMILES string of the molecule is Cc1[nH]cnc1SCc1ccccc1. The van der Waals surface area contributed by atoms with E-state index in [9.17, 15) is 0 Å². The standard InChI is InChI=1S/C11H12N2S/c1-9-11(13-8-12-9)14-7-10-5-3-2-4-6-10/h2-6,8H,7H2,1H3,(H,12,13). The molecular weight excluding hydrogens is 192 g/mol. The van der Waals surface area contributed by atoms with Crippen molar-refractivity contribution in [3.05, 3.63) is 47.9 Å². The summed E-state index contributed by atoms with van der Waals surface area (Å²) in [6.45, 7) is 2.04. The fourth-order valence-corrected chi connectivity index (χ4v) is 2.12. The normalized spacial score (nSPS) is 10.4. The highest BCUT2D eigenvalue weighted by molar-refractivity contribution is 7.98. The van der Waals surface area contributed by atoms with Crippen LogP contribution in [0.4, 0.5) is 0 Å². The summed E-state index contributed by atoms with van der Waals surface area (Å²) in [5.41, 5.74) is 2.48. The van der Waals surface area contributed by atoms with Crippen LogP contribution in [0.5, 0.6) is 0 Å². The molecule has 14 heavy (non-hydrogen) atoms. The van der Waals surface area contributed by atoms with Gasteiger partial charge in [-0.15, -0.1) is 0 Å². The van der Waals surface area contributed by atoms with Crippen LogP contribution < -0.4 is 0 Å². The lowest BCUT2D eigenvalue weighted by molar-refractivity contribution is 1.14. The van der Waals surface area contributed by atoms with Gasteiger partial charge in [0.1, 0.15) is 5.03 Å². The van der Waals surface area contributed by atoms with E-state index in [1.54, 1.807) is 18.1 Å². The third-order valence-corrected chi connectivity index (χ3v) is 3.16. The van der Waals surface area contributed by atoms with E-state index in [1.807, 2.05) is 13.0 Å². The fourth-order valence-electron chi connectivity index (χ4n) is 1.22. The molecular formula is C11H12N2S. The van der Waals surface area contributed by atoms with E-state index in [1.165, 1.54) is 5.56 Å². The van der Waals surface area contributed by atoms with Gasteiger partial charge in [-0.25, -0.2) is 4.98 Å². The molecule has 0 unspecified atom stereocenters. The van der Waals surface area contributed by atoms with E-state index in [0.29, 0.717) is 0 Å². The van der Waals surface area contributed by atoms with Crippen molar-refractivity contribution in [3.63, 3.8) is 0 Å². The molecule has 1 aromatic heterocycles. The molecule has 0 aliphatic heterocycles. The number of aromatic nitrogens is 2. The molecule has 2 nitrogen and oxygen atoms in total. The predicted molar refractivity (Wildman–Crippen MR) is 59.3 cm³/mol. The van der Waals surface area contributed by atoms with E-state index in [4.69, 9.17) is 0 Å². The molecule has 0 fully saturated rings. The maximum Gasteiger partial charge on any atom is 0.117 e. The summed E-state index contributed by atoms with van der Waals surface area (Å²) in [5.74, 6) is 0.979. The van der Waals surface area contributed by atoms with Crippen LogP contribution in [0.1, 0.15) is 11.3 Å². The largest absolute Gasteiger partial charge is 0.348 e. The Bertz CT molecular complexity index is 395. The van der Waals surface area contributed by atoms with Crippen molar-refractivity contribution in [2.75, 3.05) is 0 Å². The van der Waals surface area contributed by atoms with Crippen LogP contribution >= 0.6 is 11.8 Å². The maximum atomic E-state index is 4.24. The number of benzene rings is 1. The summed E-state index contributed by atoms with van der Waals surface area (Å²) >= 11 is 1.76. The van der Waals surface area contributed by atoms with Gasteiger partial charge in [0.25, 0.3) is 0 Å². The molecule has 0 aliphatic rings. The Morgan fingerprint density at radius 2 is 2.07 bits per heavy atom. The predicted octanol–water partition coefficient (Wildman–Crippen LogP) is 3.01. The first-order valence-electron chi connectivity index (χ1n) is 4.53. The first kappa shape index (κ1) is 9.34. The van der Waals surface area contributed by atoms with E-state index in [2.05, 4.69) is 34.2 Å². The number of H-pyrrole nitrogens is 1. The molecule has 0 atom stereocenters. The lowest BCUT2D eigenvalue weighted by atomic mass is 10.2. The molecule has 3 heteroatoms. The Hall–Kier alpha value is -1.22. The van der Waals surface area contributed by atoms with Crippen molar-refractivity contribution in [3.8, 4) is 0 Å². The Labute approximate surface area is 87.8 Å². The van der Waals surface area contributed by atoms with Crippen molar-refractivity contribution in [1.82, 2.24) is 9.97 Å². The van der Waals surface area contributed by atoms with Gasteiger partial charge in [-0.2, -0.15) is 0 Å². The molecule has 72 valence electrons. The molecule has 0 spiro atoms. The van der Waals surface area contributed by atoms with E-state index in [-0.39, 0.29) is 0 Å². The van der Waals surface area contributed by atoms with E-state index in [0.717, 1.165) is 16.5 Å². The highest BCUT2D eigenvalue weighted by atomic mass is 32.2. The van der Waals surface area contributed by atoms with Gasteiger partial charge >= 0.3 is 0 Å². The summed E-state index contributed by atoms with van der Waals surface area (Å²) in [5, 5.41) is 1.09. The van der Waals surface area contributed by atoms with Crippen LogP contribution in [0, 0.1) is 6.92 Å². The van der Waals surface area contributed by atoms with E-state index >= 15 is 0 Å². The highest BCUT2D eigenvalue weighted by Crippen LogP contribution is 2.22. The van der Waals surface area contributed by atoms with Crippen LogP contribution in [0.15, 0.2) is 41.7 Å². The number of nitrogens with one attached hydrogen (secondary N) is 1. The molecule has 0 bridgehead atoms. The summed E-state index contributed by atoms with van der Waals surface area (Å²) in [6.07, 6.45) is 1.74. The fraction of sp³-hybridized carbons (Fsp3) is 0.182. The number of rotatable bonds is 3. The number of aromatic amines is 1. The molecule has 2 aromatic rings. The lowest BCUT2D eigenvalue weighted by Gasteiger charge is -1.99. The smallest absolute Gasteiger partial charge is 0.117 e. The van der Waals surface area contributed by atoms with Gasteiger partial charge < -0.3 is 4.98 Å². The first-order valence-corrected chi connectivity index (χ1v) is 5.51. The van der Waals surface area contributed by atoms with Gasteiger partial charge in [-0.05, 0) is 12.5 Å². The van der Waals surface area contributed by atoms with Crippen LogP contribution in [0.3, 0.4) is 0 Å². The topological polar surface area (TPSA) is 28.7 Å². The average Bonchev–Trinajstić information content (AvgIpc) is 2.63. The van der Waals surface area contributed by atoms with Gasteiger partial charge in [0.15, 0.2) is 0 Å². The molecule has 0 amide bonds. The summed E-state index contributed by atoms with van der Waals surface area (Å²) in [6, 6.07) is 10.4. The van der Waals surface area contributed by atoms with Crippen LogP contribution in [0.2, 0.25) is 0 Å². The molecule has 2 rings (SSSR count). The maximum absolute atomic E-state index is 4.24. The number of hydrogen-bond donors (Lipinski definition) is 1. The molecule has 0 aliphatic carbocycles. The zero-order chi connectivity index (χ0) is 9.80. The Morgan fingerprint density at radius 3 is 2.71 bits per heavy atom. The monoisotopic (exact) mass is 204 g/mol. The zero-order valence-corrected chi connectivity index (χ0v) is 8.84. The van der Waals surface area contributed by atoms with Crippen molar-refractivity contribution < 1.29 is 0 Å². The first-order chi connectivity index (χ1) is 6.86. The van der Waals surface area contributed by atoms with Gasteiger partial charge in [0, 0.05) is 11.4 Å². The summed E-state index contributed by atoms with van der Waals surface area (Å²) in [4.78, 5) is 7.31. The molecule has 0 saturated heterocycles. The summed E-state index contributed by atoms with van der Waals surface area (Å²) < 4.78 is 0. The van der Waals surface area contributed by atoms with E-state index < -0.39 is 0 Å². The Balaban J connectivity index is 1.99. The third-order valence-electron chi connectivity index (χ3n) is 2.00. The quantitative estimate of drug-likeness (QED) is 0.778. The Morgan fingerprint density at radius 1 is 1.29 bits per heavy atom. The number of imidazole rings is 1. The molecule has 1 heterocycles. The van der Waals surface area contributed by atoms with Gasteiger partial charge in [0.05, 0.1) is 6.33 Å². The minimum absolute atomic E-state index is 0.979. The van der Waals surface area contributed by atoms with Gasteiger partial charge in [0.2, 0.25) is 0 Å². The second-order valence-corrected chi connectivity index (χ2v) is 4.07. The molecule has 0 saturated carbocycles. The minimum Gasteiger partial charge on any atom is -0.348 e. The molecule has 0 radical (unpaired) electrons. The number of nitrogens with zero attached hydrogens (tertiary/aromatic N) is 1. The van der Waals surface area contributed by atoms with Crippen LogP contribution in [0.25, 0.3) is 0 Å². The Kier molecular flexibility index (Phi) is 2.89. The van der Waals surface area contributed by atoms with Crippen molar-refractivity contribution >= 4 is 11.8 Å². The lowest BCUT2D eigenvalue weighted by Crippen LogP contribution is -1.81. The van der Waals surface area contributed by atoms with Gasteiger partial charge in [-0.1, -0.05) is 42.1 Å². The summed E-state index contributed by atoms with van der Waals surface area (Å²) in [7, 11) is 0. The average molecular weight is 204 g/mol. The second-order valence-electron chi connectivity index (χ2n) is 3.11. The van der Waals surface area contributed by atoms with Crippen LogP contribution in [-0.4, -0.2) is 9.97 Å².